The van der Waals surface area contributed by atoms with Gasteiger partial charge in [-0.3, -0.25) is 0 Å². The van der Waals surface area contributed by atoms with Gasteiger partial charge in [-0.05, 0) is 12.1 Å². The van der Waals surface area contributed by atoms with E-state index in [1.165, 1.54) is 6.07 Å². The lowest BCUT2D eigenvalue weighted by atomic mass is 10.2. The second-order valence-electron chi connectivity index (χ2n) is 4.56. The maximum atomic E-state index is 11.8. The number of nitrogens with one attached hydrogen (secondary N) is 2. The number of thiol groups is 1. The molecule has 0 bridgehead atoms. The van der Waals surface area contributed by atoms with E-state index < -0.39 is 10.0 Å². The molecule has 9 heteroatoms. The molecular formula is C13H17N5O2S2. The first-order valence-electron chi connectivity index (χ1n) is 6.31. The normalized spacial score (nSPS) is 12.3. The van der Waals surface area contributed by atoms with Crippen molar-refractivity contribution in [2.24, 2.45) is 12.2 Å². The zero-order valence-electron chi connectivity index (χ0n) is 12.1. The Bertz CT molecular complexity index is 812. The van der Waals surface area contributed by atoms with Gasteiger partial charge in [0.05, 0.1) is 4.90 Å². The van der Waals surface area contributed by atoms with Gasteiger partial charge in [-0.25, -0.2) is 18.5 Å². The third-order valence-electron chi connectivity index (χ3n) is 2.92. The first-order chi connectivity index (χ1) is 10.3. The molecule has 118 valence electrons. The van der Waals surface area contributed by atoms with Crippen molar-refractivity contribution in [3.05, 3.63) is 42.4 Å². The van der Waals surface area contributed by atoms with Gasteiger partial charge in [0.2, 0.25) is 16.0 Å². The molecule has 0 aliphatic carbocycles. The van der Waals surface area contributed by atoms with Crippen molar-refractivity contribution >= 4 is 39.2 Å². The number of imidazole rings is 1. The number of sulfonamides is 1. The minimum atomic E-state index is -3.89. The monoisotopic (exact) mass is 339 g/mol. The molecule has 7 nitrogen and oxygen atoms in total. The summed E-state index contributed by atoms with van der Waals surface area (Å²) >= 11 is 4.28. The Kier molecular flexibility index (Phi) is 4.79. The van der Waals surface area contributed by atoms with Crippen molar-refractivity contribution in [3.63, 3.8) is 0 Å². The van der Waals surface area contributed by atoms with Crippen LogP contribution in [-0.4, -0.2) is 25.0 Å². The average molecular weight is 339 g/mol. The highest BCUT2D eigenvalue weighted by Crippen LogP contribution is 2.28. The number of hydrogen-bond acceptors (Lipinski definition) is 6. The molecule has 0 saturated carbocycles. The highest BCUT2D eigenvalue weighted by Gasteiger charge is 2.17. The number of anilines is 2. The van der Waals surface area contributed by atoms with Crippen molar-refractivity contribution in [2.75, 3.05) is 12.4 Å². The Morgan fingerprint density at radius 2 is 2.18 bits per heavy atom. The Morgan fingerprint density at radius 3 is 2.73 bits per heavy atom. The summed E-state index contributed by atoms with van der Waals surface area (Å²) in [6.45, 7) is 0. The number of nitrogens with zero attached hydrogens (tertiary/aromatic N) is 2. The number of nitrogens with two attached hydrogens (primary N) is 1. The van der Waals surface area contributed by atoms with Crippen LogP contribution in [0.2, 0.25) is 0 Å². The first kappa shape index (κ1) is 16.4. The molecule has 0 radical (unpaired) electrons. The van der Waals surface area contributed by atoms with Crippen LogP contribution in [0.3, 0.4) is 0 Å². The predicted molar refractivity (Wildman–Crippen MR) is 90.3 cm³/mol. The highest BCUT2D eigenvalue weighted by molar-refractivity contribution is 7.91. The van der Waals surface area contributed by atoms with Crippen LogP contribution in [0.5, 0.6) is 0 Å². The third kappa shape index (κ3) is 3.62. The van der Waals surface area contributed by atoms with Crippen molar-refractivity contribution in [2.45, 2.75) is 4.90 Å². The smallest absolute Gasteiger partial charge is 0.238 e. The fourth-order valence-corrected chi connectivity index (χ4v) is 3.05. The minimum Gasteiger partial charge on any atom is -0.393 e. The average Bonchev–Trinajstić information content (AvgIpc) is 2.83. The van der Waals surface area contributed by atoms with Crippen LogP contribution in [0.15, 0.2) is 41.7 Å². The standard InChI is InChI=1S/C13H17N5O2S2/c1-15-8-11(21)10-4-3-9(7-12(10)22(14,19)20)17-13-16-5-6-18(13)2/h3-8,15,21H,1-2H3,(H,16,17)(H2,14,19,20)/b11-8-. The van der Waals surface area contributed by atoms with E-state index in [-0.39, 0.29) is 4.90 Å². The number of rotatable bonds is 5. The van der Waals surface area contributed by atoms with Gasteiger partial charge in [-0.1, -0.05) is 6.07 Å². The molecule has 0 saturated heterocycles. The molecule has 0 fully saturated rings. The van der Waals surface area contributed by atoms with Crippen LogP contribution < -0.4 is 15.8 Å². The maximum absolute atomic E-state index is 11.8. The van der Waals surface area contributed by atoms with Crippen LogP contribution in [0, 0.1) is 0 Å². The number of hydrogen-bond donors (Lipinski definition) is 4. The summed E-state index contributed by atoms with van der Waals surface area (Å²) in [5, 5.41) is 11.1. The lowest BCUT2D eigenvalue weighted by Gasteiger charge is -2.12. The minimum absolute atomic E-state index is 0.0109. The van der Waals surface area contributed by atoms with Gasteiger partial charge in [0.15, 0.2) is 0 Å². The third-order valence-corrected chi connectivity index (χ3v) is 4.24. The molecule has 4 N–H and O–H groups in total. The largest absolute Gasteiger partial charge is 0.393 e. The van der Waals surface area contributed by atoms with Gasteiger partial charge in [0.25, 0.3) is 0 Å². The molecule has 1 aromatic heterocycles. The van der Waals surface area contributed by atoms with E-state index >= 15 is 0 Å². The number of benzene rings is 1. The van der Waals surface area contributed by atoms with Crippen LogP contribution in [0.25, 0.3) is 4.91 Å². The van der Waals surface area contributed by atoms with E-state index in [4.69, 9.17) is 5.14 Å². The molecule has 1 heterocycles. The van der Waals surface area contributed by atoms with E-state index in [9.17, 15) is 8.42 Å². The topological polar surface area (TPSA) is 102 Å². The Balaban J connectivity index is 2.49. The van der Waals surface area contributed by atoms with Gasteiger partial charge in [0.1, 0.15) is 0 Å². The molecule has 2 aromatic rings. The zero-order chi connectivity index (χ0) is 16.3. The number of primary sulfonamides is 1. The first-order valence-corrected chi connectivity index (χ1v) is 8.30. The molecule has 2 rings (SSSR count). The van der Waals surface area contributed by atoms with Gasteiger partial charge in [-0.2, -0.15) is 0 Å². The van der Waals surface area contributed by atoms with Crippen molar-refractivity contribution in [3.8, 4) is 0 Å². The molecule has 0 unspecified atom stereocenters. The van der Waals surface area contributed by atoms with Crippen molar-refractivity contribution in [1.29, 1.82) is 0 Å². The fourth-order valence-electron chi connectivity index (χ4n) is 1.88. The second kappa shape index (κ2) is 6.42. The summed E-state index contributed by atoms with van der Waals surface area (Å²) in [6, 6.07) is 4.83. The Morgan fingerprint density at radius 1 is 1.45 bits per heavy atom. The van der Waals surface area contributed by atoms with Gasteiger partial charge < -0.3 is 15.2 Å². The lowest BCUT2D eigenvalue weighted by molar-refractivity contribution is 0.597. The Hall–Kier alpha value is -1.97. The zero-order valence-corrected chi connectivity index (χ0v) is 13.8. The molecule has 0 aliphatic rings. The molecule has 22 heavy (non-hydrogen) atoms. The van der Waals surface area contributed by atoms with Crippen LogP contribution in [0.1, 0.15) is 5.56 Å². The van der Waals surface area contributed by atoms with Crippen molar-refractivity contribution < 1.29 is 8.42 Å². The molecule has 0 aliphatic heterocycles. The second-order valence-corrected chi connectivity index (χ2v) is 6.57. The number of aryl methyl sites for hydroxylation is 1. The van der Waals surface area contributed by atoms with E-state index in [0.29, 0.717) is 22.1 Å². The molecule has 1 aromatic carbocycles. The highest BCUT2D eigenvalue weighted by atomic mass is 32.2. The van der Waals surface area contributed by atoms with E-state index in [0.717, 1.165) is 0 Å². The molecule has 0 atom stereocenters. The summed E-state index contributed by atoms with van der Waals surface area (Å²) in [4.78, 5) is 4.58. The molecular weight excluding hydrogens is 322 g/mol. The SMILES string of the molecule is CN/C=C(\S)c1ccc(Nc2nccn2C)cc1S(N)(=O)=O. The van der Waals surface area contributed by atoms with Crippen LogP contribution in [0.4, 0.5) is 11.6 Å². The summed E-state index contributed by atoms with van der Waals surface area (Å²) in [6.07, 6.45) is 5.00. The van der Waals surface area contributed by atoms with E-state index in [1.54, 1.807) is 42.3 Å². The summed E-state index contributed by atoms with van der Waals surface area (Å²) in [7, 11) is -0.370. The number of aromatic nitrogens is 2. The fraction of sp³-hybridized carbons (Fsp3) is 0.154. The lowest BCUT2D eigenvalue weighted by Crippen LogP contribution is -2.15. The van der Waals surface area contributed by atoms with Gasteiger partial charge >= 0.3 is 0 Å². The van der Waals surface area contributed by atoms with Gasteiger partial charge in [-0.15, -0.1) is 12.6 Å². The summed E-state index contributed by atoms with van der Waals surface area (Å²) in [5.74, 6) is 0.588. The molecule has 0 spiro atoms. The quantitative estimate of drug-likeness (QED) is 0.614. The van der Waals surface area contributed by atoms with E-state index in [1.807, 2.05) is 7.05 Å². The summed E-state index contributed by atoms with van der Waals surface area (Å²) in [5.41, 5.74) is 0.984. The van der Waals surface area contributed by atoms with Crippen molar-refractivity contribution in [1.82, 2.24) is 14.9 Å². The summed E-state index contributed by atoms with van der Waals surface area (Å²) < 4.78 is 25.4. The van der Waals surface area contributed by atoms with Crippen LogP contribution >= 0.6 is 12.6 Å². The Labute approximate surface area is 134 Å². The van der Waals surface area contributed by atoms with E-state index in [2.05, 4.69) is 28.2 Å². The molecule has 0 amide bonds. The predicted octanol–water partition coefficient (Wildman–Crippen LogP) is 1.26. The maximum Gasteiger partial charge on any atom is 0.238 e. The van der Waals surface area contributed by atoms with Gasteiger partial charge in [0, 0.05) is 48.8 Å². The van der Waals surface area contributed by atoms with Crippen LogP contribution in [-0.2, 0) is 17.1 Å².